The number of anilines is 2. The van der Waals surface area contributed by atoms with Crippen molar-refractivity contribution in [3.8, 4) is 5.75 Å². The van der Waals surface area contributed by atoms with Crippen LogP contribution in [-0.4, -0.2) is 21.5 Å². The number of halogens is 1. The lowest BCUT2D eigenvalue weighted by atomic mass is 9.95. The molecule has 0 aliphatic carbocycles. The molecule has 0 atom stereocenters. The first-order valence-corrected chi connectivity index (χ1v) is 10.1. The molecule has 0 bridgehead atoms. The van der Waals surface area contributed by atoms with Gasteiger partial charge in [-0.3, -0.25) is 0 Å². The number of nitrogens with zero attached hydrogens (tertiary/aromatic N) is 2. The summed E-state index contributed by atoms with van der Waals surface area (Å²) >= 11 is 3.58. The van der Waals surface area contributed by atoms with E-state index in [0.717, 1.165) is 32.4 Å². The van der Waals surface area contributed by atoms with Crippen LogP contribution >= 0.6 is 15.9 Å². The number of rotatable bonds is 3. The Bertz CT molecular complexity index is 1140. The van der Waals surface area contributed by atoms with Gasteiger partial charge in [0.05, 0.1) is 11.1 Å². The first kappa shape index (κ1) is 19.6. The fourth-order valence-corrected chi connectivity index (χ4v) is 3.86. The van der Waals surface area contributed by atoms with E-state index in [0.29, 0.717) is 11.5 Å². The highest BCUT2D eigenvalue weighted by atomic mass is 79.9. The van der Waals surface area contributed by atoms with E-state index in [1.165, 1.54) is 0 Å². The number of benzene rings is 2. The lowest BCUT2D eigenvalue weighted by molar-refractivity contribution is 0.00954. The quantitative estimate of drug-likeness (QED) is 0.509. The molecule has 7 heteroatoms. The van der Waals surface area contributed by atoms with Crippen LogP contribution in [-0.2, 0) is 10.3 Å². The number of esters is 1. The molecule has 2 aromatic carbocycles. The van der Waals surface area contributed by atoms with Crippen molar-refractivity contribution in [2.75, 3.05) is 5.32 Å². The first-order valence-electron chi connectivity index (χ1n) is 9.32. The van der Waals surface area contributed by atoms with E-state index >= 15 is 0 Å². The standard InChI is InChI=1S/C22H22BrN3O3/c1-21(2,3)28-14-8-12-11-24-20(26-18(12)17(23)10-14)25-13-6-7-15-16(9-13)22(4,5)29-19(15)27/h6-11H,1-5H3,(H,24,25,26). The molecule has 1 aromatic heterocycles. The second-order valence-corrected chi connectivity index (χ2v) is 9.39. The third-order valence-electron chi connectivity index (χ3n) is 4.53. The second kappa shape index (κ2) is 6.69. The molecule has 150 valence electrons. The molecule has 3 aromatic rings. The Balaban J connectivity index is 1.65. The number of hydrogen-bond acceptors (Lipinski definition) is 6. The molecule has 1 aliphatic heterocycles. The van der Waals surface area contributed by atoms with Crippen molar-refractivity contribution in [1.29, 1.82) is 0 Å². The highest BCUT2D eigenvalue weighted by Crippen LogP contribution is 2.37. The molecule has 29 heavy (non-hydrogen) atoms. The Morgan fingerprint density at radius 2 is 1.93 bits per heavy atom. The average Bonchev–Trinajstić information content (AvgIpc) is 2.83. The van der Waals surface area contributed by atoms with Crippen LogP contribution in [0.5, 0.6) is 5.75 Å². The van der Waals surface area contributed by atoms with Crippen molar-refractivity contribution < 1.29 is 14.3 Å². The fraction of sp³-hybridized carbons (Fsp3) is 0.318. The number of cyclic esters (lactones) is 1. The topological polar surface area (TPSA) is 73.3 Å². The molecule has 0 unspecified atom stereocenters. The van der Waals surface area contributed by atoms with Gasteiger partial charge in [0.15, 0.2) is 0 Å². The van der Waals surface area contributed by atoms with Crippen molar-refractivity contribution >= 4 is 44.4 Å². The van der Waals surface area contributed by atoms with Crippen molar-refractivity contribution in [2.24, 2.45) is 0 Å². The van der Waals surface area contributed by atoms with Crippen LogP contribution < -0.4 is 10.1 Å². The summed E-state index contributed by atoms with van der Waals surface area (Å²) in [5.74, 6) is 0.924. The summed E-state index contributed by atoms with van der Waals surface area (Å²) in [5.41, 5.74) is 2.07. The molecule has 0 saturated heterocycles. The van der Waals surface area contributed by atoms with Crippen LogP contribution in [0.1, 0.15) is 50.5 Å². The largest absolute Gasteiger partial charge is 0.488 e. The van der Waals surface area contributed by atoms with E-state index in [1.807, 2.05) is 58.9 Å². The highest BCUT2D eigenvalue weighted by Gasteiger charge is 2.37. The molecule has 0 radical (unpaired) electrons. The summed E-state index contributed by atoms with van der Waals surface area (Å²) in [5, 5.41) is 4.09. The molecule has 0 amide bonds. The van der Waals surface area contributed by atoms with Crippen molar-refractivity contribution in [3.63, 3.8) is 0 Å². The molecule has 2 heterocycles. The molecular formula is C22H22BrN3O3. The minimum Gasteiger partial charge on any atom is -0.488 e. The zero-order valence-electron chi connectivity index (χ0n) is 17.0. The molecule has 4 rings (SSSR count). The van der Waals surface area contributed by atoms with Gasteiger partial charge in [0, 0.05) is 27.3 Å². The monoisotopic (exact) mass is 455 g/mol. The van der Waals surface area contributed by atoms with Crippen molar-refractivity contribution in [3.05, 3.63) is 52.1 Å². The number of fused-ring (bicyclic) bond motifs is 2. The molecule has 0 spiro atoms. The van der Waals surface area contributed by atoms with Crippen LogP contribution in [0.2, 0.25) is 0 Å². The van der Waals surface area contributed by atoms with Gasteiger partial charge >= 0.3 is 5.97 Å². The van der Waals surface area contributed by atoms with E-state index in [4.69, 9.17) is 9.47 Å². The van der Waals surface area contributed by atoms with Crippen LogP contribution in [0.15, 0.2) is 41.0 Å². The number of nitrogens with one attached hydrogen (secondary N) is 1. The Labute approximate surface area is 177 Å². The predicted molar refractivity (Wildman–Crippen MR) is 116 cm³/mol. The Kier molecular flexibility index (Phi) is 4.53. The maximum Gasteiger partial charge on any atom is 0.339 e. The minimum absolute atomic E-state index is 0.290. The summed E-state index contributed by atoms with van der Waals surface area (Å²) in [4.78, 5) is 21.0. The summed E-state index contributed by atoms with van der Waals surface area (Å²) < 4.78 is 12.2. The van der Waals surface area contributed by atoms with Crippen molar-refractivity contribution in [2.45, 2.75) is 45.8 Å². The fourth-order valence-electron chi connectivity index (χ4n) is 3.32. The van der Waals surface area contributed by atoms with E-state index in [9.17, 15) is 4.79 Å². The average molecular weight is 456 g/mol. The number of carbonyl (C=O) groups excluding carboxylic acids is 1. The molecule has 1 aliphatic rings. The SMILES string of the molecule is CC(C)(C)Oc1cc(Br)c2nc(Nc3ccc4c(c3)C(C)(C)OC4=O)ncc2c1. The van der Waals surface area contributed by atoms with E-state index in [2.05, 4.69) is 31.2 Å². The van der Waals surface area contributed by atoms with E-state index < -0.39 is 5.60 Å². The number of carbonyl (C=O) groups is 1. The van der Waals surface area contributed by atoms with E-state index in [-0.39, 0.29) is 11.6 Å². The van der Waals surface area contributed by atoms with Gasteiger partial charge in [-0.05, 0) is 80.9 Å². The van der Waals surface area contributed by atoms with Crippen LogP contribution in [0.3, 0.4) is 0 Å². The van der Waals surface area contributed by atoms with Gasteiger partial charge in [0.1, 0.15) is 17.0 Å². The number of aromatic nitrogens is 2. The van der Waals surface area contributed by atoms with Gasteiger partial charge in [-0.25, -0.2) is 14.8 Å². The Morgan fingerprint density at radius 3 is 2.66 bits per heavy atom. The van der Waals surface area contributed by atoms with Gasteiger partial charge < -0.3 is 14.8 Å². The highest BCUT2D eigenvalue weighted by molar-refractivity contribution is 9.10. The van der Waals surface area contributed by atoms with Gasteiger partial charge in [0.25, 0.3) is 0 Å². The maximum absolute atomic E-state index is 12.0. The molecule has 0 fully saturated rings. The lowest BCUT2D eigenvalue weighted by Crippen LogP contribution is -2.22. The zero-order valence-corrected chi connectivity index (χ0v) is 18.5. The van der Waals surface area contributed by atoms with E-state index in [1.54, 1.807) is 12.3 Å². The lowest BCUT2D eigenvalue weighted by Gasteiger charge is -2.21. The summed E-state index contributed by atoms with van der Waals surface area (Å²) in [7, 11) is 0. The maximum atomic E-state index is 12.0. The molecule has 6 nitrogen and oxygen atoms in total. The predicted octanol–water partition coefficient (Wildman–Crippen LogP) is 5.72. The van der Waals surface area contributed by atoms with Crippen LogP contribution in [0.4, 0.5) is 11.6 Å². The summed E-state index contributed by atoms with van der Waals surface area (Å²) in [6, 6.07) is 9.33. The molecular weight excluding hydrogens is 434 g/mol. The molecule has 0 saturated carbocycles. The number of hydrogen-bond donors (Lipinski definition) is 1. The zero-order chi connectivity index (χ0) is 21.0. The van der Waals surface area contributed by atoms with Gasteiger partial charge in [-0.15, -0.1) is 0 Å². The summed E-state index contributed by atoms with van der Waals surface area (Å²) in [6.45, 7) is 9.77. The molecule has 1 N–H and O–H groups in total. The van der Waals surface area contributed by atoms with Crippen LogP contribution in [0.25, 0.3) is 10.9 Å². The first-order chi connectivity index (χ1) is 13.5. The Morgan fingerprint density at radius 1 is 1.17 bits per heavy atom. The normalized spacial score (nSPS) is 15.2. The van der Waals surface area contributed by atoms with Gasteiger partial charge in [-0.1, -0.05) is 0 Å². The van der Waals surface area contributed by atoms with Gasteiger partial charge in [0.2, 0.25) is 5.95 Å². The van der Waals surface area contributed by atoms with Crippen LogP contribution in [0, 0.1) is 0 Å². The third kappa shape index (κ3) is 3.92. The summed E-state index contributed by atoms with van der Waals surface area (Å²) in [6.07, 6.45) is 1.76. The van der Waals surface area contributed by atoms with Crippen molar-refractivity contribution in [1.82, 2.24) is 9.97 Å². The second-order valence-electron chi connectivity index (χ2n) is 8.54. The third-order valence-corrected chi connectivity index (χ3v) is 5.13. The smallest absolute Gasteiger partial charge is 0.339 e. The number of ether oxygens (including phenoxy) is 2. The minimum atomic E-state index is -0.652. The Hall–Kier alpha value is -2.67. The van der Waals surface area contributed by atoms with Gasteiger partial charge in [-0.2, -0.15) is 0 Å².